The number of fused-ring (bicyclic) bond motifs is 1. The number of halogens is 1. The van der Waals surface area contributed by atoms with Crippen molar-refractivity contribution in [2.24, 2.45) is 5.92 Å². The summed E-state index contributed by atoms with van der Waals surface area (Å²) in [5, 5.41) is 0.550. The van der Waals surface area contributed by atoms with Crippen LogP contribution in [0.5, 0.6) is 0 Å². The molecule has 5 nitrogen and oxygen atoms in total. The van der Waals surface area contributed by atoms with Crippen molar-refractivity contribution < 1.29 is 4.79 Å². The number of aromatic nitrogens is 2. The van der Waals surface area contributed by atoms with Gasteiger partial charge >= 0.3 is 0 Å². The Labute approximate surface area is 188 Å². The monoisotopic (exact) mass is 439 g/mol. The summed E-state index contributed by atoms with van der Waals surface area (Å²) in [6.07, 6.45) is 0.842. The predicted octanol–water partition coefficient (Wildman–Crippen LogP) is 5.18. The van der Waals surface area contributed by atoms with Gasteiger partial charge in [0, 0.05) is 6.54 Å². The highest BCUT2D eigenvalue weighted by molar-refractivity contribution is 6.27. The number of benzene rings is 2. The molecule has 164 valence electrons. The number of carbonyl (C=O) groups is 1. The second-order valence-corrected chi connectivity index (χ2v) is 8.74. The van der Waals surface area contributed by atoms with Crippen LogP contribution in [0.1, 0.15) is 50.2 Å². The first-order valence-corrected chi connectivity index (χ1v) is 11.2. The largest absolute Gasteiger partial charge is 0.332 e. The van der Waals surface area contributed by atoms with Crippen LogP contribution in [0, 0.1) is 19.8 Å². The highest BCUT2D eigenvalue weighted by atomic mass is 35.5. The first-order chi connectivity index (χ1) is 14.7. The summed E-state index contributed by atoms with van der Waals surface area (Å²) in [7, 11) is 0. The van der Waals surface area contributed by atoms with Gasteiger partial charge in [-0.3, -0.25) is 14.2 Å². The lowest BCUT2D eigenvalue weighted by Gasteiger charge is -2.30. The number of aryl methyl sites for hydroxylation is 2. The highest BCUT2D eigenvalue weighted by Gasteiger charge is 2.26. The molecular formula is C25H30ClN3O2. The topological polar surface area (TPSA) is 55.2 Å². The fourth-order valence-electron chi connectivity index (χ4n) is 3.69. The molecule has 0 spiro atoms. The van der Waals surface area contributed by atoms with Crippen LogP contribution in [-0.2, 0) is 4.79 Å². The Balaban J connectivity index is 2.24. The lowest BCUT2D eigenvalue weighted by Crippen LogP contribution is -2.39. The third-order valence-electron chi connectivity index (χ3n) is 5.77. The molecule has 0 fully saturated rings. The normalized spacial score (nSPS) is 12.4. The first kappa shape index (κ1) is 23.0. The standard InChI is InChI=1S/C25H30ClN3O2/c1-16(2)12-13-28(23(30)15-26)19(5)24-27-22-9-7-6-8-21(22)25(31)29(24)20-11-10-17(3)18(4)14-20/h6-11,14,16,19H,12-13,15H2,1-5H3. The minimum absolute atomic E-state index is 0.107. The molecule has 1 amide bonds. The van der Waals surface area contributed by atoms with Gasteiger partial charge in [0.05, 0.1) is 22.6 Å². The molecule has 0 bridgehead atoms. The molecule has 0 aliphatic carbocycles. The molecular weight excluding hydrogens is 410 g/mol. The van der Waals surface area contributed by atoms with Crippen LogP contribution >= 0.6 is 11.6 Å². The molecule has 3 rings (SSSR count). The lowest BCUT2D eigenvalue weighted by atomic mass is 10.1. The van der Waals surface area contributed by atoms with Gasteiger partial charge in [0.25, 0.3) is 5.56 Å². The Hall–Kier alpha value is -2.66. The van der Waals surface area contributed by atoms with Crippen molar-refractivity contribution in [1.29, 1.82) is 0 Å². The second kappa shape index (κ2) is 9.65. The quantitative estimate of drug-likeness (QED) is 0.477. The number of rotatable bonds is 7. The number of para-hydroxylation sites is 1. The van der Waals surface area contributed by atoms with Crippen LogP contribution in [0.2, 0.25) is 0 Å². The molecule has 2 aromatic carbocycles. The van der Waals surface area contributed by atoms with Gasteiger partial charge in [-0.05, 0) is 68.5 Å². The van der Waals surface area contributed by atoms with Crippen molar-refractivity contribution in [3.8, 4) is 5.69 Å². The highest BCUT2D eigenvalue weighted by Crippen LogP contribution is 2.25. The van der Waals surface area contributed by atoms with Crippen molar-refractivity contribution in [2.75, 3.05) is 12.4 Å². The predicted molar refractivity (Wildman–Crippen MR) is 127 cm³/mol. The molecule has 1 atom stereocenters. The SMILES string of the molecule is Cc1ccc(-n2c(C(C)N(CCC(C)C)C(=O)CCl)nc3ccccc3c2=O)cc1C. The van der Waals surface area contributed by atoms with Crippen molar-refractivity contribution in [3.63, 3.8) is 0 Å². The number of nitrogens with zero attached hydrogens (tertiary/aromatic N) is 3. The maximum atomic E-state index is 13.6. The van der Waals surface area contributed by atoms with Gasteiger partial charge in [-0.25, -0.2) is 4.98 Å². The summed E-state index contributed by atoms with van der Waals surface area (Å²) in [6.45, 7) is 10.8. The Kier molecular flexibility index (Phi) is 7.16. The third kappa shape index (κ3) is 4.82. The van der Waals surface area contributed by atoms with E-state index in [1.54, 1.807) is 15.5 Å². The molecule has 31 heavy (non-hydrogen) atoms. The molecule has 1 heterocycles. The van der Waals surface area contributed by atoms with E-state index in [1.807, 2.05) is 57.2 Å². The zero-order valence-electron chi connectivity index (χ0n) is 18.9. The third-order valence-corrected chi connectivity index (χ3v) is 6.00. The van der Waals surface area contributed by atoms with E-state index < -0.39 is 6.04 Å². The smallest absolute Gasteiger partial charge is 0.266 e. The van der Waals surface area contributed by atoms with Crippen molar-refractivity contribution >= 4 is 28.4 Å². The van der Waals surface area contributed by atoms with E-state index >= 15 is 0 Å². The average molecular weight is 440 g/mol. The Morgan fingerprint density at radius 3 is 2.45 bits per heavy atom. The van der Waals surface area contributed by atoms with Crippen LogP contribution in [-0.4, -0.2) is 32.8 Å². The summed E-state index contributed by atoms with van der Waals surface area (Å²) < 4.78 is 1.64. The van der Waals surface area contributed by atoms with Crippen molar-refractivity contribution in [3.05, 3.63) is 69.8 Å². The number of alkyl halides is 1. The van der Waals surface area contributed by atoms with E-state index in [9.17, 15) is 9.59 Å². The van der Waals surface area contributed by atoms with Gasteiger partial charge in [0.15, 0.2) is 0 Å². The molecule has 3 aromatic rings. The zero-order chi connectivity index (χ0) is 22.7. The fourth-order valence-corrected chi connectivity index (χ4v) is 3.85. The van der Waals surface area contributed by atoms with Gasteiger partial charge in [0.2, 0.25) is 5.91 Å². The van der Waals surface area contributed by atoms with E-state index in [4.69, 9.17) is 16.6 Å². The van der Waals surface area contributed by atoms with Gasteiger partial charge < -0.3 is 4.90 Å². The van der Waals surface area contributed by atoms with E-state index in [0.717, 1.165) is 23.2 Å². The molecule has 1 aromatic heterocycles. The van der Waals surface area contributed by atoms with Gasteiger partial charge in [-0.15, -0.1) is 11.6 Å². The molecule has 0 aliphatic heterocycles. The summed E-state index contributed by atoms with van der Waals surface area (Å²) in [6, 6.07) is 12.8. The molecule has 0 aliphatic rings. The maximum absolute atomic E-state index is 13.6. The summed E-state index contributed by atoms with van der Waals surface area (Å²) in [5.41, 5.74) is 3.46. The van der Waals surface area contributed by atoms with Crippen LogP contribution < -0.4 is 5.56 Å². The average Bonchev–Trinajstić information content (AvgIpc) is 2.75. The molecule has 1 unspecified atom stereocenters. The molecule has 0 saturated heterocycles. The number of carbonyl (C=O) groups excluding carboxylic acids is 1. The van der Waals surface area contributed by atoms with Gasteiger partial charge in [-0.1, -0.05) is 32.0 Å². The summed E-state index contributed by atoms with van der Waals surface area (Å²) in [5.74, 6) is 0.700. The first-order valence-electron chi connectivity index (χ1n) is 10.7. The summed E-state index contributed by atoms with van der Waals surface area (Å²) in [4.78, 5) is 32.9. The fraction of sp³-hybridized carbons (Fsp3) is 0.400. The van der Waals surface area contributed by atoms with E-state index in [-0.39, 0.29) is 17.3 Å². The van der Waals surface area contributed by atoms with Crippen molar-refractivity contribution in [1.82, 2.24) is 14.5 Å². The van der Waals surface area contributed by atoms with Gasteiger partial charge in [0.1, 0.15) is 11.7 Å². The maximum Gasteiger partial charge on any atom is 0.266 e. The molecule has 0 radical (unpaired) electrons. The minimum atomic E-state index is -0.413. The van der Waals surface area contributed by atoms with E-state index in [2.05, 4.69) is 13.8 Å². The number of hydrogen-bond acceptors (Lipinski definition) is 3. The van der Waals surface area contributed by atoms with Crippen LogP contribution in [0.3, 0.4) is 0 Å². The summed E-state index contributed by atoms with van der Waals surface area (Å²) >= 11 is 5.93. The molecule has 0 N–H and O–H groups in total. The second-order valence-electron chi connectivity index (χ2n) is 8.48. The number of hydrogen-bond donors (Lipinski definition) is 0. The molecule has 0 saturated carbocycles. The Bertz CT molecular complexity index is 1150. The van der Waals surface area contributed by atoms with Gasteiger partial charge in [-0.2, -0.15) is 0 Å². The van der Waals surface area contributed by atoms with Crippen molar-refractivity contribution in [2.45, 2.75) is 47.1 Å². The minimum Gasteiger partial charge on any atom is -0.332 e. The Morgan fingerprint density at radius 2 is 1.81 bits per heavy atom. The molecule has 6 heteroatoms. The van der Waals surface area contributed by atoms with Crippen LogP contribution in [0.25, 0.3) is 16.6 Å². The zero-order valence-corrected chi connectivity index (χ0v) is 19.6. The van der Waals surface area contributed by atoms with Crippen LogP contribution in [0.4, 0.5) is 0 Å². The Morgan fingerprint density at radius 1 is 1.10 bits per heavy atom. The van der Waals surface area contributed by atoms with E-state index in [0.29, 0.717) is 29.2 Å². The number of amides is 1. The lowest BCUT2D eigenvalue weighted by molar-refractivity contribution is -0.131. The van der Waals surface area contributed by atoms with E-state index in [1.165, 1.54) is 0 Å². The van der Waals surface area contributed by atoms with Crippen LogP contribution in [0.15, 0.2) is 47.3 Å².